The molecule has 0 radical (unpaired) electrons. The molecule has 3 rings (SSSR count). The molecular weight excluding hydrogens is 282 g/mol. The van der Waals surface area contributed by atoms with E-state index in [1.165, 1.54) is 10.4 Å². The van der Waals surface area contributed by atoms with Gasteiger partial charge in [-0.1, -0.05) is 6.92 Å². The largest absolute Gasteiger partial charge is 0.337 e. The Morgan fingerprint density at radius 3 is 3.10 bits per heavy atom. The fourth-order valence-electron chi connectivity index (χ4n) is 3.04. The number of thiophene rings is 1. The summed E-state index contributed by atoms with van der Waals surface area (Å²) in [6, 6.07) is 4.06. The number of nitrogens with zero attached hydrogens (tertiary/aromatic N) is 2. The van der Waals surface area contributed by atoms with Crippen LogP contribution in [0.4, 0.5) is 0 Å². The van der Waals surface area contributed by atoms with Gasteiger partial charge in [-0.2, -0.15) is 5.10 Å². The molecule has 1 aliphatic rings. The van der Waals surface area contributed by atoms with Crippen LogP contribution in [0.25, 0.3) is 0 Å². The summed E-state index contributed by atoms with van der Waals surface area (Å²) in [5.41, 5.74) is 2.39. The van der Waals surface area contributed by atoms with Gasteiger partial charge in [0.25, 0.3) is 5.91 Å². The molecule has 0 saturated carbocycles. The van der Waals surface area contributed by atoms with Crippen molar-refractivity contribution in [1.82, 2.24) is 15.1 Å². The lowest BCUT2D eigenvalue weighted by molar-refractivity contribution is 0.0710. The highest BCUT2D eigenvalue weighted by molar-refractivity contribution is 7.14. The Hall–Kier alpha value is -1.62. The smallest absolute Gasteiger partial charge is 0.263 e. The number of nitrogens with one attached hydrogen (secondary N) is 1. The molecule has 0 unspecified atom stereocenters. The predicted octanol–water partition coefficient (Wildman–Crippen LogP) is 3.36. The van der Waals surface area contributed by atoms with Crippen molar-refractivity contribution in [3.05, 3.63) is 39.3 Å². The topological polar surface area (TPSA) is 49.0 Å². The van der Waals surface area contributed by atoms with E-state index in [4.69, 9.17) is 0 Å². The van der Waals surface area contributed by atoms with E-state index in [1.807, 2.05) is 17.0 Å². The summed E-state index contributed by atoms with van der Waals surface area (Å²) in [5.74, 6) is 0.573. The minimum absolute atomic E-state index is 0.187. The summed E-state index contributed by atoms with van der Waals surface area (Å²) in [6.45, 7) is 5.89. The van der Waals surface area contributed by atoms with Crippen LogP contribution < -0.4 is 0 Å². The predicted molar refractivity (Wildman–Crippen MR) is 84.9 cm³/mol. The van der Waals surface area contributed by atoms with Crippen LogP contribution in [-0.4, -0.2) is 34.1 Å². The molecule has 1 aliphatic heterocycles. The van der Waals surface area contributed by atoms with Gasteiger partial charge in [0.1, 0.15) is 0 Å². The second kappa shape index (κ2) is 6.02. The monoisotopic (exact) mass is 303 g/mol. The molecule has 2 aromatic heterocycles. The van der Waals surface area contributed by atoms with Crippen molar-refractivity contribution in [1.29, 1.82) is 0 Å². The van der Waals surface area contributed by atoms with Crippen molar-refractivity contribution in [2.75, 3.05) is 13.1 Å². The van der Waals surface area contributed by atoms with E-state index in [1.54, 1.807) is 17.5 Å². The number of hydrogen-bond donors (Lipinski definition) is 1. The van der Waals surface area contributed by atoms with E-state index in [2.05, 4.69) is 24.0 Å². The summed E-state index contributed by atoms with van der Waals surface area (Å²) >= 11 is 1.65. The molecule has 4 nitrogen and oxygen atoms in total. The molecule has 3 heterocycles. The number of likely N-dealkylation sites (tertiary alicyclic amines) is 1. The Labute approximate surface area is 129 Å². The molecule has 1 fully saturated rings. The van der Waals surface area contributed by atoms with E-state index >= 15 is 0 Å². The SMILES string of the molecule is CCc1sc(C(=O)N2CCC[C@H](c3ccn[nH]3)C2)cc1C. The fraction of sp³-hybridized carbons (Fsp3) is 0.500. The number of H-pyrrole nitrogens is 1. The number of carbonyl (C=O) groups excluding carboxylic acids is 1. The first-order chi connectivity index (χ1) is 10.2. The Morgan fingerprint density at radius 1 is 1.57 bits per heavy atom. The van der Waals surface area contributed by atoms with E-state index in [0.717, 1.165) is 42.9 Å². The van der Waals surface area contributed by atoms with E-state index in [0.29, 0.717) is 5.92 Å². The van der Waals surface area contributed by atoms with Gasteiger partial charge < -0.3 is 4.90 Å². The third-order valence-electron chi connectivity index (χ3n) is 4.22. The Bertz CT molecular complexity index is 618. The van der Waals surface area contributed by atoms with E-state index in [-0.39, 0.29) is 5.91 Å². The lowest BCUT2D eigenvalue weighted by Gasteiger charge is -2.32. The zero-order valence-corrected chi connectivity index (χ0v) is 13.4. The summed E-state index contributed by atoms with van der Waals surface area (Å²) in [5, 5.41) is 7.07. The van der Waals surface area contributed by atoms with Crippen molar-refractivity contribution in [3.8, 4) is 0 Å². The first kappa shape index (κ1) is 14.3. The maximum atomic E-state index is 12.7. The van der Waals surface area contributed by atoms with Crippen LogP contribution in [0.2, 0.25) is 0 Å². The molecule has 0 spiro atoms. The second-order valence-electron chi connectivity index (χ2n) is 5.67. The van der Waals surface area contributed by atoms with Gasteiger partial charge in [-0.3, -0.25) is 9.89 Å². The Kier molecular flexibility index (Phi) is 4.10. The standard InChI is InChI=1S/C16H21N3OS/c1-3-14-11(2)9-15(21-14)16(20)19-8-4-5-12(10-19)13-6-7-17-18-13/h6-7,9,12H,3-5,8,10H2,1-2H3,(H,17,18)/t12-/m0/s1. The van der Waals surface area contributed by atoms with Gasteiger partial charge >= 0.3 is 0 Å². The average Bonchev–Trinajstić information content (AvgIpc) is 3.16. The maximum Gasteiger partial charge on any atom is 0.263 e. The van der Waals surface area contributed by atoms with Crippen LogP contribution in [0.5, 0.6) is 0 Å². The summed E-state index contributed by atoms with van der Waals surface area (Å²) in [4.78, 5) is 16.9. The van der Waals surface area contributed by atoms with Gasteiger partial charge in [0, 0.05) is 35.8 Å². The van der Waals surface area contributed by atoms with Crippen molar-refractivity contribution < 1.29 is 4.79 Å². The van der Waals surface area contributed by atoms with Crippen LogP contribution in [0.1, 0.15) is 51.5 Å². The molecular formula is C16H21N3OS. The molecule has 2 aromatic rings. The Morgan fingerprint density at radius 2 is 2.43 bits per heavy atom. The zero-order valence-electron chi connectivity index (χ0n) is 12.6. The van der Waals surface area contributed by atoms with Gasteiger partial charge in [0.15, 0.2) is 0 Å². The minimum atomic E-state index is 0.187. The Balaban J connectivity index is 1.74. The van der Waals surface area contributed by atoms with Crippen molar-refractivity contribution in [2.24, 2.45) is 0 Å². The van der Waals surface area contributed by atoms with Gasteiger partial charge in [0.05, 0.1) is 4.88 Å². The van der Waals surface area contributed by atoms with Crippen LogP contribution in [-0.2, 0) is 6.42 Å². The fourth-order valence-corrected chi connectivity index (χ4v) is 4.12. The van der Waals surface area contributed by atoms with Crippen molar-refractivity contribution in [2.45, 2.75) is 39.0 Å². The quantitative estimate of drug-likeness (QED) is 0.945. The normalized spacial score (nSPS) is 19.0. The first-order valence-corrected chi connectivity index (χ1v) is 8.38. The number of aromatic nitrogens is 2. The van der Waals surface area contributed by atoms with Crippen molar-refractivity contribution >= 4 is 17.2 Å². The molecule has 1 N–H and O–H groups in total. The van der Waals surface area contributed by atoms with Crippen molar-refractivity contribution in [3.63, 3.8) is 0 Å². The molecule has 5 heteroatoms. The molecule has 112 valence electrons. The molecule has 1 atom stereocenters. The molecule has 0 aliphatic carbocycles. The first-order valence-electron chi connectivity index (χ1n) is 7.57. The summed E-state index contributed by atoms with van der Waals surface area (Å²) in [7, 11) is 0. The van der Waals surface area contributed by atoms with Gasteiger partial charge in [-0.05, 0) is 43.9 Å². The van der Waals surface area contributed by atoms with Crippen LogP contribution in [0.3, 0.4) is 0 Å². The minimum Gasteiger partial charge on any atom is -0.337 e. The van der Waals surface area contributed by atoms with Crippen LogP contribution in [0, 0.1) is 6.92 Å². The lowest BCUT2D eigenvalue weighted by atomic mass is 9.95. The van der Waals surface area contributed by atoms with Gasteiger partial charge in [0.2, 0.25) is 0 Å². The van der Waals surface area contributed by atoms with E-state index < -0.39 is 0 Å². The number of carbonyl (C=O) groups is 1. The third kappa shape index (κ3) is 2.88. The highest BCUT2D eigenvalue weighted by Crippen LogP contribution is 2.29. The lowest BCUT2D eigenvalue weighted by Crippen LogP contribution is -2.38. The summed E-state index contributed by atoms with van der Waals surface area (Å²) < 4.78 is 0. The number of piperidine rings is 1. The number of aromatic amines is 1. The van der Waals surface area contributed by atoms with Crippen LogP contribution >= 0.6 is 11.3 Å². The van der Waals surface area contributed by atoms with E-state index in [9.17, 15) is 4.79 Å². The second-order valence-corrected chi connectivity index (χ2v) is 6.81. The van der Waals surface area contributed by atoms with Crippen LogP contribution in [0.15, 0.2) is 18.3 Å². The molecule has 0 aromatic carbocycles. The highest BCUT2D eigenvalue weighted by atomic mass is 32.1. The highest BCUT2D eigenvalue weighted by Gasteiger charge is 2.27. The summed E-state index contributed by atoms with van der Waals surface area (Å²) in [6.07, 6.45) is 4.96. The van der Waals surface area contributed by atoms with Gasteiger partial charge in [-0.25, -0.2) is 0 Å². The number of hydrogen-bond acceptors (Lipinski definition) is 3. The molecule has 0 bridgehead atoms. The molecule has 21 heavy (non-hydrogen) atoms. The van der Waals surface area contributed by atoms with Gasteiger partial charge in [-0.15, -0.1) is 11.3 Å². The third-order valence-corrected chi connectivity index (χ3v) is 5.59. The molecule has 1 amide bonds. The number of aryl methyl sites for hydroxylation is 2. The number of amides is 1. The zero-order chi connectivity index (χ0) is 14.8. The average molecular weight is 303 g/mol. The maximum absolute atomic E-state index is 12.7. The number of rotatable bonds is 3. The molecule has 1 saturated heterocycles.